The third-order valence-electron chi connectivity index (χ3n) is 5.00. The molecule has 0 radical (unpaired) electrons. The number of fused-ring (bicyclic) bond motifs is 1. The summed E-state index contributed by atoms with van der Waals surface area (Å²) < 4.78 is 7.81. The number of nitrogens with one attached hydrogen (secondary N) is 2. The van der Waals surface area contributed by atoms with Crippen molar-refractivity contribution >= 4 is 10.9 Å². The fraction of sp³-hybridized carbons (Fsp3) is 0.300. The largest absolute Gasteiger partial charge is 0.472 e. The number of benzene rings is 1. The molecule has 8 nitrogen and oxygen atoms in total. The number of nitrogens with zero attached hydrogens (tertiary/aromatic N) is 5. The van der Waals surface area contributed by atoms with Gasteiger partial charge in [0.25, 0.3) is 0 Å². The molecule has 5 rings (SSSR count). The van der Waals surface area contributed by atoms with Crippen molar-refractivity contribution in [3.63, 3.8) is 0 Å². The molecule has 3 aromatic heterocycles. The van der Waals surface area contributed by atoms with E-state index in [0.717, 1.165) is 53.7 Å². The SMILES string of the molecule is Cn1cc(-c2ccc3[nH]nc(-c4cncc(OC5CCCNC5)n4)c3c2)cn1. The summed E-state index contributed by atoms with van der Waals surface area (Å²) in [4.78, 5) is 8.98. The van der Waals surface area contributed by atoms with E-state index in [1.54, 1.807) is 17.1 Å². The van der Waals surface area contributed by atoms with E-state index in [2.05, 4.69) is 42.7 Å². The minimum absolute atomic E-state index is 0.131. The fourth-order valence-electron chi connectivity index (χ4n) is 3.57. The minimum atomic E-state index is 0.131. The van der Waals surface area contributed by atoms with E-state index in [-0.39, 0.29) is 6.10 Å². The number of piperidine rings is 1. The summed E-state index contributed by atoms with van der Waals surface area (Å²) in [5, 5.41) is 16.2. The Morgan fingerprint density at radius 1 is 1.18 bits per heavy atom. The summed E-state index contributed by atoms with van der Waals surface area (Å²) in [7, 11) is 1.91. The number of hydrogen-bond acceptors (Lipinski definition) is 6. The smallest absolute Gasteiger partial charge is 0.233 e. The predicted molar refractivity (Wildman–Crippen MR) is 106 cm³/mol. The van der Waals surface area contributed by atoms with E-state index in [9.17, 15) is 0 Å². The Labute approximate surface area is 162 Å². The zero-order valence-corrected chi connectivity index (χ0v) is 15.6. The van der Waals surface area contributed by atoms with Gasteiger partial charge in [-0.2, -0.15) is 10.2 Å². The van der Waals surface area contributed by atoms with Crippen LogP contribution in [0.25, 0.3) is 33.4 Å². The van der Waals surface area contributed by atoms with E-state index in [1.165, 1.54) is 0 Å². The fourth-order valence-corrected chi connectivity index (χ4v) is 3.57. The Bertz CT molecular complexity index is 1110. The molecule has 1 atom stereocenters. The van der Waals surface area contributed by atoms with Crippen LogP contribution in [-0.2, 0) is 7.05 Å². The van der Waals surface area contributed by atoms with E-state index < -0.39 is 0 Å². The van der Waals surface area contributed by atoms with Crippen LogP contribution in [0, 0.1) is 0 Å². The van der Waals surface area contributed by atoms with Gasteiger partial charge in [-0.3, -0.25) is 14.8 Å². The van der Waals surface area contributed by atoms with E-state index in [1.807, 2.05) is 25.5 Å². The van der Waals surface area contributed by atoms with Crippen molar-refractivity contribution in [1.29, 1.82) is 0 Å². The second-order valence-corrected chi connectivity index (χ2v) is 7.06. The lowest BCUT2D eigenvalue weighted by atomic mass is 10.1. The first-order valence-electron chi connectivity index (χ1n) is 9.43. The van der Waals surface area contributed by atoms with Crippen molar-refractivity contribution in [2.45, 2.75) is 18.9 Å². The van der Waals surface area contributed by atoms with Gasteiger partial charge in [-0.25, -0.2) is 4.98 Å². The molecule has 0 spiro atoms. The lowest BCUT2D eigenvalue weighted by molar-refractivity contribution is 0.160. The molecular formula is C20H21N7O. The Hall–Kier alpha value is -3.26. The quantitative estimate of drug-likeness (QED) is 0.569. The Kier molecular flexibility index (Phi) is 4.25. The zero-order chi connectivity index (χ0) is 18.9. The highest BCUT2D eigenvalue weighted by Gasteiger charge is 2.17. The van der Waals surface area contributed by atoms with Crippen molar-refractivity contribution in [3.05, 3.63) is 43.0 Å². The van der Waals surface area contributed by atoms with Crippen LogP contribution < -0.4 is 10.1 Å². The van der Waals surface area contributed by atoms with Crippen LogP contribution in [0.1, 0.15) is 12.8 Å². The summed E-state index contributed by atoms with van der Waals surface area (Å²) >= 11 is 0. The van der Waals surface area contributed by atoms with Crippen LogP contribution in [-0.4, -0.2) is 49.1 Å². The van der Waals surface area contributed by atoms with Gasteiger partial charge in [0.2, 0.25) is 5.88 Å². The number of rotatable bonds is 4. The summed E-state index contributed by atoms with van der Waals surface area (Å²) in [6.07, 6.45) is 9.50. The monoisotopic (exact) mass is 375 g/mol. The van der Waals surface area contributed by atoms with Crippen LogP contribution >= 0.6 is 0 Å². The van der Waals surface area contributed by atoms with Gasteiger partial charge in [0.15, 0.2) is 0 Å². The summed E-state index contributed by atoms with van der Waals surface area (Å²) in [5.41, 5.74) is 4.55. The highest BCUT2D eigenvalue weighted by atomic mass is 16.5. The molecule has 2 N–H and O–H groups in total. The first-order valence-corrected chi connectivity index (χ1v) is 9.43. The molecule has 1 saturated heterocycles. The summed E-state index contributed by atoms with van der Waals surface area (Å²) in [6.45, 7) is 1.88. The molecule has 4 aromatic rings. The Morgan fingerprint density at radius 2 is 2.14 bits per heavy atom. The van der Waals surface area contributed by atoms with E-state index >= 15 is 0 Å². The molecule has 142 valence electrons. The minimum Gasteiger partial charge on any atom is -0.472 e. The van der Waals surface area contributed by atoms with Gasteiger partial charge < -0.3 is 10.1 Å². The van der Waals surface area contributed by atoms with Gasteiger partial charge in [0.1, 0.15) is 17.5 Å². The lowest BCUT2D eigenvalue weighted by Gasteiger charge is -2.23. The lowest BCUT2D eigenvalue weighted by Crippen LogP contribution is -2.37. The third kappa shape index (κ3) is 3.22. The van der Waals surface area contributed by atoms with Gasteiger partial charge in [0, 0.05) is 30.7 Å². The predicted octanol–water partition coefficient (Wildman–Crippen LogP) is 2.55. The number of aromatic nitrogens is 6. The molecule has 1 aliphatic heterocycles. The molecule has 0 saturated carbocycles. The highest BCUT2D eigenvalue weighted by Crippen LogP contribution is 2.30. The van der Waals surface area contributed by atoms with Gasteiger partial charge in [-0.1, -0.05) is 6.07 Å². The number of hydrogen-bond donors (Lipinski definition) is 2. The first kappa shape index (κ1) is 16.9. The molecule has 8 heteroatoms. The Morgan fingerprint density at radius 3 is 2.96 bits per heavy atom. The van der Waals surface area contributed by atoms with Crippen molar-refractivity contribution in [1.82, 2.24) is 35.3 Å². The second kappa shape index (κ2) is 7.05. The Balaban J connectivity index is 1.49. The number of aryl methyl sites for hydroxylation is 1. The molecule has 4 heterocycles. The van der Waals surface area contributed by atoms with Crippen molar-refractivity contribution < 1.29 is 4.74 Å². The van der Waals surface area contributed by atoms with Crippen LogP contribution in [0.3, 0.4) is 0 Å². The number of ether oxygens (including phenoxy) is 1. The van der Waals surface area contributed by atoms with Gasteiger partial charge in [0.05, 0.1) is 24.1 Å². The highest BCUT2D eigenvalue weighted by molar-refractivity contribution is 5.94. The summed E-state index contributed by atoms with van der Waals surface area (Å²) in [6, 6.07) is 6.18. The molecule has 0 amide bonds. The molecule has 1 unspecified atom stereocenters. The van der Waals surface area contributed by atoms with Crippen LogP contribution in [0.2, 0.25) is 0 Å². The van der Waals surface area contributed by atoms with Crippen LogP contribution in [0.15, 0.2) is 43.0 Å². The first-order chi connectivity index (χ1) is 13.8. The maximum absolute atomic E-state index is 6.02. The number of H-pyrrole nitrogens is 1. The van der Waals surface area contributed by atoms with E-state index in [4.69, 9.17) is 4.74 Å². The van der Waals surface area contributed by atoms with E-state index in [0.29, 0.717) is 11.6 Å². The second-order valence-electron chi connectivity index (χ2n) is 7.06. The molecule has 1 aromatic carbocycles. The number of aromatic amines is 1. The molecule has 1 fully saturated rings. The van der Waals surface area contributed by atoms with Gasteiger partial charge in [-0.05, 0) is 37.1 Å². The van der Waals surface area contributed by atoms with Gasteiger partial charge >= 0.3 is 0 Å². The maximum atomic E-state index is 6.02. The van der Waals surface area contributed by atoms with Crippen LogP contribution in [0.5, 0.6) is 5.88 Å². The average molecular weight is 375 g/mol. The third-order valence-corrected chi connectivity index (χ3v) is 5.00. The van der Waals surface area contributed by atoms with Crippen LogP contribution in [0.4, 0.5) is 0 Å². The zero-order valence-electron chi connectivity index (χ0n) is 15.6. The summed E-state index contributed by atoms with van der Waals surface area (Å²) in [5.74, 6) is 0.533. The normalized spacial score (nSPS) is 17.1. The maximum Gasteiger partial charge on any atom is 0.233 e. The molecule has 0 aliphatic carbocycles. The standard InChI is InChI=1S/C20H21N7O/c1-27-12-14(8-23-27)13-4-5-17-16(7-13)20(26-25-17)18-10-22-11-19(24-18)28-15-3-2-6-21-9-15/h4-5,7-8,10-12,15,21H,2-3,6,9H2,1H3,(H,25,26). The molecule has 1 aliphatic rings. The van der Waals surface area contributed by atoms with Gasteiger partial charge in [-0.15, -0.1) is 0 Å². The average Bonchev–Trinajstić information content (AvgIpc) is 3.35. The topological polar surface area (TPSA) is 93.5 Å². The molecule has 28 heavy (non-hydrogen) atoms. The molecule has 0 bridgehead atoms. The van der Waals surface area contributed by atoms with Crippen molar-refractivity contribution in [2.75, 3.05) is 13.1 Å². The van der Waals surface area contributed by atoms with Crippen molar-refractivity contribution in [3.8, 4) is 28.4 Å². The van der Waals surface area contributed by atoms with Crippen molar-refractivity contribution in [2.24, 2.45) is 7.05 Å². The molecular weight excluding hydrogens is 354 g/mol.